The fourth-order valence-corrected chi connectivity index (χ4v) is 1.48. The van der Waals surface area contributed by atoms with Crippen LogP contribution in [0.3, 0.4) is 0 Å². The molecule has 0 aliphatic rings. The molecule has 0 aliphatic carbocycles. The van der Waals surface area contributed by atoms with E-state index in [9.17, 15) is 4.79 Å². The van der Waals surface area contributed by atoms with Crippen molar-refractivity contribution in [2.45, 2.75) is 13.8 Å². The van der Waals surface area contributed by atoms with Crippen molar-refractivity contribution in [1.82, 2.24) is 9.47 Å². The van der Waals surface area contributed by atoms with Crippen LogP contribution in [-0.2, 0) is 7.05 Å². The number of rotatable bonds is 3. The van der Waals surface area contributed by atoms with Crippen molar-refractivity contribution in [3.8, 4) is 0 Å². The second kappa shape index (κ2) is 4.31. The normalized spacial score (nSPS) is 10.3. The fourth-order valence-electron chi connectivity index (χ4n) is 1.48. The van der Waals surface area contributed by atoms with Gasteiger partial charge in [-0.3, -0.25) is 4.79 Å². The zero-order valence-electron chi connectivity index (χ0n) is 8.95. The maximum atomic E-state index is 11.9. The summed E-state index contributed by atoms with van der Waals surface area (Å²) in [6.45, 7) is 11.0. The number of aromatic nitrogens is 1. The lowest BCUT2D eigenvalue weighted by Crippen LogP contribution is -2.31. The molecular formula is C11H16N2O. The minimum atomic E-state index is 0.0363. The topological polar surface area (TPSA) is 25.2 Å². The van der Waals surface area contributed by atoms with Gasteiger partial charge in [0.15, 0.2) is 0 Å². The molecular weight excluding hydrogens is 176 g/mol. The molecule has 14 heavy (non-hydrogen) atoms. The molecule has 0 spiro atoms. The van der Waals surface area contributed by atoms with Crippen molar-refractivity contribution in [2.24, 2.45) is 7.05 Å². The van der Waals surface area contributed by atoms with Gasteiger partial charge in [0.1, 0.15) is 5.69 Å². The molecule has 76 valence electrons. The predicted octanol–water partition coefficient (Wildman–Crippen LogP) is 1.57. The molecule has 3 heteroatoms. The molecule has 0 N–H and O–H groups in total. The van der Waals surface area contributed by atoms with Crippen molar-refractivity contribution < 1.29 is 4.79 Å². The highest BCUT2D eigenvalue weighted by Crippen LogP contribution is 2.08. The van der Waals surface area contributed by atoms with Gasteiger partial charge in [-0.1, -0.05) is 0 Å². The molecule has 0 atom stereocenters. The first kappa shape index (κ1) is 10.8. The van der Waals surface area contributed by atoms with Gasteiger partial charge in [-0.2, -0.15) is 0 Å². The average Bonchev–Trinajstić information content (AvgIpc) is 2.47. The van der Waals surface area contributed by atoms with Crippen molar-refractivity contribution >= 4 is 5.91 Å². The van der Waals surface area contributed by atoms with E-state index in [1.54, 1.807) is 21.7 Å². The van der Waals surface area contributed by atoms with Crippen LogP contribution in [0.15, 0.2) is 12.3 Å². The summed E-state index contributed by atoms with van der Waals surface area (Å²) in [7, 11) is 1.83. The van der Waals surface area contributed by atoms with Crippen LogP contribution in [0.1, 0.15) is 29.9 Å². The van der Waals surface area contributed by atoms with Gasteiger partial charge in [-0.05, 0) is 25.5 Å². The van der Waals surface area contributed by atoms with E-state index < -0.39 is 0 Å². The van der Waals surface area contributed by atoms with Crippen LogP contribution in [-0.4, -0.2) is 28.5 Å². The molecule has 1 aromatic heterocycles. The minimum absolute atomic E-state index is 0.0363. The molecule has 0 unspecified atom stereocenters. The highest BCUT2D eigenvalue weighted by Gasteiger charge is 2.15. The number of aryl methyl sites for hydroxylation is 1. The van der Waals surface area contributed by atoms with Gasteiger partial charge in [-0.25, -0.2) is 0 Å². The third-order valence-corrected chi connectivity index (χ3v) is 2.30. The Hall–Kier alpha value is -1.25. The number of carbonyl (C=O) groups excluding carboxylic acids is 1. The van der Waals surface area contributed by atoms with Gasteiger partial charge in [0, 0.05) is 33.3 Å². The SMILES string of the molecule is [CH]c1cc(C(=O)N(CC)CC)n(C)c1. The molecule has 1 aromatic rings. The van der Waals surface area contributed by atoms with E-state index in [0.29, 0.717) is 11.3 Å². The lowest BCUT2D eigenvalue weighted by Gasteiger charge is -2.18. The summed E-state index contributed by atoms with van der Waals surface area (Å²) in [6.07, 6.45) is 1.75. The molecule has 0 fully saturated rings. The Morgan fingerprint density at radius 1 is 1.50 bits per heavy atom. The van der Waals surface area contributed by atoms with E-state index >= 15 is 0 Å². The molecule has 1 rings (SSSR count). The largest absolute Gasteiger partial charge is 0.346 e. The third-order valence-electron chi connectivity index (χ3n) is 2.30. The Balaban J connectivity index is 2.93. The maximum Gasteiger partial charge on any atom is 0.270 e. The molecule has 0 saturated carbocycles. The molecule has 3 nitrogen and oxygen atoms in total. The summed E-state index contributed by atoms with van der Waals surface area (Å²) in [5.74, 6) is 0.0363. The van der Waals surface area contributed by atoms with Crippen LogP contribution in [0.25, 0.3) is 0 Å². The van der Waals surface area contributed by atoms with Gasteiger partial charge >= 0.3 is 0 Å². The smallest absolute Gasteiger partial charge is 0.270 e. The highest BCUT2D eigenvalue weighted by molar-refractivity contribution is 5.93. The van der Waals surface area contributed by atoms with Gasteiger partial charge in [0.2, 0.25) is 0 Å². The van der Waals surface area contributed by atoms with Crippen molar-refractivity contribution in [1.29, 1.82) is 0 Å². The van der Waals surface area contributed by atoms with Crippen LogP contribution in [0, 0.1) is 6.92 Å². The Morgan fingerprint density at radius 2 is 2.07 bits per heavy atom. The summed E-state index contributed by atoms with van der Waals surface area (Å²) < 4.78 is 1.76. The summed E-state index contributed by atoms with van der Waals surface area (Å²) >= 11 is 0. The van der Waals surface area contributed by atoms with Crippen LogP contribution in [0.5, 0.6) is 0 Å². The van der Waals surface area contributed by atoms with Crippen LogP contribution in [0.2, 0.25) is 0 Å². The van der Waals surface area contributed by atoms with Crippen LogP contribution in [0.4, 0.5) is 0 Å². The average molecular weight is 192 g/mol. The lowest BCUT2D eigenvalue weighted by molar-refractivity contribution is 0.0763. The zero-order chi connectivity index (χ0) is 10.7. The van der Waals surface area contributed by atoms with Gasteiger partial charge in [0.25, 0.3) is 5.91 Å². The maximum absolute atomic E-state index is 11.9. The summed E-state index contributed by atoms with van der Waals surface area (Å²) in [5, 5.41) is 0. The molecule has 0 bridgehead atoms. The Labute approximate surface area is 85.3 Å². The first-order valence-electron chi connectivity index (χ1n) is 4.81. The summed E-state index contributed by atoms with van der Waals surface area (Å²) in [4.78, 5) is 13.7. The molecule has 0 aromatic carbocycles. The summed E-state index contributed by atoms with van der Waals surface area (Å²) in [6, 6.07) is 1.71. The molecule has 2 radical (unpaired) electrons. The number of amides is 1. The first-order valence-corrected chi connectivity index (χ1v) is 4.81. The number of nitrogens with zero attached hydrogens (tertiary/aromatic N) is 2. The van der Waals surface area contributed by atoms with E-state index in [2.05, 4.69) is 0 Å². The van der Waals surface area contributed by atoms with E-state index in [-0.39, 0.29) is 5.91 Å². The second-order valence-electron chi connectivity index (χ2n) is 3.25. The van der Waals surface area contributed by atoms with Crippen LogP contribution < -0.4 is 0 Å². The second-order valence-corrected chi connectivity index (χ2v) is 3.25. The van der Waals surface area contributed by atoms with Crippen molar-refractivity contribution in [2.75, 3.05) is 13.1 Å². The number of hydrogen-bond donors (Lipinski definition) is 0. The quantitative estimate of drug-likeness (QED) is 0.713. The third kappa shape index (κ3) is 1.97. The Kier molecular flexibility index (Phi) is 3.33. The fraction of sp³-hybridized carbons (Fsp3) is 0.455. The Bertz CT molecular complexity index is 324. The zero-order valence-corrected chi connectivity index (χ0v) is 8.95. The monoisotopic (exact) mass is 192 g/mol. The first-order chi connectivity index (χ1) is 6.60. The molecule has 1 heterocycles. The van der Waals surface area contributed by atoms with E-state index in [1.807, 2.05) is 20.9 Å². The van der Waals surface area contributed by atoms with Crippen LogP contribution >= 0.6 is 0 Å². The number of hydrogen-bond acceptors (Lipinski definition) is 1. The molecule has 1 amide bonds. The Morgan fingerprint density at radius 3 is 2.43 bits per heavy atom. The van der Waals surface area contributed by atoms with Gasteiger partial charge in [-0.15, -0.1) is 0 Å². The predicted molar refractivity (Wildman–Crippen MR) is 56.1 cm³/mol. The lowest BCUT2D eigenvalue weighted by atomic mass is 10.3. The van der Waals surface area contributed by atoms with Crippen molar-refractivity contribution in [3.63, 3.8) is 0 Å². The van der Waals surface area contributed by atoms with Gasteiger partial charge < -0.3 is 9.47 Å². The van der Waals surface area contributed by atoms with Gasteiger partial charge in [0.05, 0.1) is 0 Å². The van der Waals surface area contributed by atoms with E-state index in [0.717, 1.165) is 13.1 Å². The highest BCUT2D eigenvalue weighted by atomic mass is 16.2. The summed E-state index contributed by atoms with van der Waals surface area (Å²) in [5.41, 5.74) is 1.27. The van der Waals surface area contributed by atoms with E-state index in [4.69, 9.17) is 6.92 Å². The molecule has 0 aliphatic heterocycles. The standard InChI is InChI=1S/C11H16N2O/c1-5-13(6-2)11(14)10-7-9(3)8-12(10)4/h3,7-8H,5-6H2,1-2,4H3. The van der Waals surface area contributed by atoms with E-state index in [1.165, 1.54) is 0 Å². The minimum Gasteiger partial charge on any atom is -0.346 e. The van der Waals surface area contributed by atoms with Crippen molar-refractivity contribution in [3.05, 3.63) is 30.4 Å². The number of carbonyl (C=O) groups is 1. The molecule has 0 saturated heterocycles.